The van der Waals surface area contributed by atoms with Gasteiger partial charge >= 0.3 is 0 Å². The predicted octanol–water partition coefficient (Wildman–Crippen LogP) is 3.16. The van der Waals surface area contributed by atoms with E-state index >= 15 is 0 Å². The minimum atomic E-state index is -0.133. The standard InChI is InChI=1S/C25H26N6O2/c1-17-7-5-9-20-22(17)23(32)28-25(27-20)29-14-11-18(2)30(16-15-29)24(33)19-8-3-4-10-21(19)31-13-6-12-26-31/h3-10,12-13,18H,11,14-16H2,1-2H3,(H,27,28,32). The number of anilines is 1. The highest BCUT2D eigenvalue weighted by atomic mass is 16.2. The van der Waals surface area contributed by atoms with Gasteiger partial charge < -0.3 is 9.80 Å². The summed E-state index contributed by atoms with van der Waals surface area (Å²) >= 11 is 0. The van der Waals surface area contributed by atoms with Crippen molar-refractivity contribution < 1.29 is 4.79 Å². The van der Waals surface area contributed by atoms with E-state index in [9.17, 15) is 9.59 Å². The molecule has 168 valence electrons. The molecule has 1 atom stereocenters. The fraction of sp³-hybridized carbons (Fsp3) is 0.280. The number of carbonyl (C=O) groups excluding carboxylic acids is 1. The van der Waals surface area contributed by atoms with Crippen molar-refractivity contribution >= 4 is 22.8 Å². The van der Waals surface area contributed by atoms with Crippen molar-refractivity contribution in [2.24, 2.45) is 0 Å². The van der Waals surface area contributed by atoms with Crippen LogP contribution < -0.4 is 10.5 Å². The van der Waals surface area contributed by atoms with Crippen LogP contribution in [-0.2, 0) is 0 Å². The zero-order chi connectivity index (χ0) is 22.9. The monoisotopic (exact) mass is 442 g/mol. The molecule has 2 aromatic carbocycles. The van der Waals surface area contributed by atoms with E-state index in [1.54, 1.807) is 10.9 Å². The Morgan fingerprint density at radius 1 is 1.06 bits per heavy atom. The van der Waals surface area contributed by atoms with E-state index in [-0.39, 0.29) is 17.5 Å². The van der Waals surface area contributed by atoms with Crippen LogP contribution in [-0.4, -0.2) is 56.2 Å². The molecule has 0 aliphatic carbocycles. The summed E-state index contributed by atoms with van der Waals surface area (Å²) in [7, 11) is 0. The molecule has 33 heavy (non-hydrogen) atoms. The van der Waals surface area contributed by atoms with Crippen LogP contribution in [0.15, 0.2) is 65.7 Å². The maximum absolute atomic E-state index is 13.6. The molecule has 0 spiro atoms. The summed E-state index contributed by atoms with van der Waals surface area (Å²) in [5.74, 6) is 0.530. The Labute approximate surface area is 191 Å². The number of aromatic amines is 1. The largest absolute Gasteiger partial charge is 0.340 e. The minimum absolute atomic E-state index is 0.0222. The summed E-state index contributed by atoms with van der Waals surface area (Å²) in [6.07, 6.45) is 4.31. The van der Waals surface area contributed by atoms with E-state index in [4.69, 9.17) is 4.98 Å². The number of amides is 1. The first-order valence-corrected chi connectivity index (χ1v) is 11.2. The number of hydrogen-bond donors (Lipinski definition) is 1. The number of aryl methyl sites for hydroxylation is 1. The zero-order valence-electron chi connectivity index (χ0n) is 18.7. The van der Waals surface area contributed by atoms with E-state index < -0.39 is 0 Å². The number of hydrogen-bond acceptors (Lipinski definition) is 5. The van der Waals surface area contributed by atoms with Gasteiger partial charge in [0.05, 0.1) is 22.2 Å². The van der Waals surface area contributed by atoms with Gasteiger partial charge in [0, 0.05) is 38.1 Å². The van der Waals surface area contributed by atoms with Gasteiger partial charge in [-0.2, -0.15) is 5.10 Å². The average Bonchev–Trinajstić information content (AvgIpc) is 3.28. The van der Waals surface area contributed by atoms with Crippen LogP contribution in [0.3, 0.4) is 0 Å². The summed E-state index contributed by atoms with van der Waals surface area (Å²) < 4.78 is 1.72. The van der Waals surface area contributed by atoms with E-state index in [1.165, 1.54) is 0 Å². The van der Waals surface area contributed by atoms with Crippen molar-refractivity contribution in [2.45, 2.75) is 26.3 Å². The zero-order valence-corrected chi connectivity index (χ0v) is 18.7. The van der Waals surface area contributed by atoms with Gasteiger partial charge in [0.1, 0.15) is 0 Å². The minimum Gasteiger partial charge on any atom is -0.340 e. The van der Waals surface area contributed by atoms with Gasteiger partial charge in [-0.3, -0.25) is 14.6 Å². The van der Waals surface area contributed by atoms with E-state index in [2.05, 4.69) is 21.9 Å². The number of carbonyl (C=O) groups is 1. The summed E-state index contributed by atoms with van der Waals surface area (Å²) in [6.45, 7) is 5.80. The van der Waals surface area contributed by atoms with Crippen LogP contribution in [0.5, 0.6) is 0 Å². The van der Waals surface area contributed by atoms with Gasteiger partial charge in [0.25, 0.3) is 11.5 Å². The van der Waals surface area contributed by atoms with Gasteiger partial charge in [-0.15, -0.1) is 0 Å². The number of benzene rings is 2. The van der Waals surface area contributed by atoms with Crippen molar-refractivity contribution in [3.63, 3.8) is 0 Å². The Bertz CT molecular complexity index is 1360. The highest BCUT2D eigenvalue weighted by Crippen LogP contribution is 2.22. The van der Waals surface area contributed by atoms with E-state index in [1.807, 2.05) is 66.6 Å². The Morgan fingerprint density at radius 2 is 1.91 bits per heavy atom. The van der Waals surface area contributed by atoms with Crippen molar-refractivity contribution in [1.29, 1.82) is 0 Å². The summed E-state index contributed by atoms with van der Waals surface area (Å²) in [6, 6.07) is 15.1. The molecular weight excluding hydrogens is 416 g/mol. The molecule has 1 N–H and O–H groups in total. The normalized spacial score (nSPS) is 16.7. The number of fused-ring (bicyclic) bond motifs is 1. The smallest absolute Gasteiger partial charge is 0.260 e. The molecule has 1 amide bonds. The van der Waals surface area contributed by atoms with E-state index in [0.717, 1.165) is 17.7 Å². The highest BCUT2D eigenvalue weighted by molar-refractivity contribution is 5.98. The third-order valence-electron chi connectivity index (χ3n) is 6.34. The molecule has 8 nitrogen and oxygen atoms in total. The Kier molecular flexibility index (Phi) is 5.42. The van der Waals surface area contributed by atoms with E-state index in [0.29, 0.717) is 42.0 Å². The Morgan fingerprint density at radius 3 is 2.73 bits per heavy atom. The first-order chi connectivity index (χ1) is 16.0. The van der Waals surface area contributed by atoms with Crippen LogP contribution >= 0.6 is 0 Å². The summed E-state index contributed by atoms with van der Waals surface area (Å²) in [4.78, 5) is 37.9. The molecule has 0 bridgehead atoms. The average molecular weight is 443 g/mol. The molecule has 0 radical (unpaired) electrons. The molecule has 0 saturated carbocycles. The molecule has 3 heterocycles. The number of aromatic nitrogens is 4. The maximum atomic E-state index is 13.6. The Balaban J connectivity index is 1.42. The summed E-state index contributed by atoms with van der Waals surface area (Å²) in [5.41, 5.74) is 2.84. The lowest BCUT2D eigenvalue weighted by Gasteiger charge is -2.27. The lowest BCUT2D eigenvalue weighted by molar-refractivity contribution is 0.0705. The lowest BCUT2D eigenvalue weighted by atomic mass is 10.1. The van der Waals surface area contributed by atoms with Gasteiger partial charge in [-0.05, 0) is 50.1 Å². The molecule has 1 aliphatic rings. The fourth-order valence-corrected chi connectivity index (χ4v) is 4.49. The second-order valence-electron chi connectivity index (χ2n) is 8.45. The summed E-state index contributed by atoms with van der Waals surface area (Å²) in [5, 5.41) is 4.92. The third kappa shape index (κ3) is 3.88. The molecule has 4 aromatic rings. The third-order valence-corrected chi connectivity index (χ3v) is 6.34. The second kappa shape index (κ2) is 8.54. The topological polar surface area (TPSA) is 87.1 Å². The first kappa shape index (κ1) is 20.9. The number of nitrogens with zero attached hydrogens (tertiary/aromatic N) is 5. The van der Waals surface area contributed by atoms with Crippen LogP contribution in [0.2, 0.25) is 0 Å². The number of nitrogens with one attached hydrogen (secondary N) is 1. The predicted molar refractivity (Wildman–Crippen MR) is 128 cm³/mol. The van der Waals surface area contributed by atoms with Crippen LogP contribution in [0.25, 0.3) is 16.6 Å². The van der Waals surface area contributed by atoms with Crippen molar-refractivity contribution in [3.05, 3.63) is 82.4 Å². The quantitative estimate of drug-likeness (QED) is 0.527. The van der Waals surface area contributed by atoms with Gasteiger partial charge in [-0.1, -0.05) is 24.3 Å². The SMILES string of the molecule is Cc1cccc2nc(N3CCC(C)N(C(=O)c4ccccc4-n4cccn4)CC3)[nH]c(=O)c12. The molecule has 1 aliphatic heterocycles. The first-order valence-electron chi connectivity index (χ1n) is 11.2. The molecule has 1 fully saturated rings. The second-order valence-corrected chi connectivity index (χ2v) is 8.45. The van der Waals surface area contributed by atoms with Gasteiger partial charge in [0.15, 0.2) is 0 Å². The number of para-hydroxylation sites is 1. The van der Waals surface area contributed by atoms with Crippen molar-refractivity contribution in [2.75, 3.05) is 24.5 Å². The molecule has 1 unspecified atom stereocenters. The molecular formula is C25H26N6O2. The van der Waals surface area contributed by atoms with Gasteiger partial charge in [0.2, 0.25) is 5.95 Å². The molecule has 5 rings (SSSR count). The van der Waals surface area contributed by atoms with Crippen LogP contribution in [0.4, 0.5) is 5.95 Å². The lowest BCUT2D eigenvalue weighted by Crippen LogP contribution is -2.40. The van der Waals surface area contributed by atoms with Crippen molar-refractivity contribution in [1.82, 2.24) is 24.6 Å². The van der Waals surface area contributed by atoms with Gasteiger partial charge in [-0.25, -0.2) is 9.67 Å². The van der Waals surface area contributed by atoms with Crippen molar-refractivity contribution in [3.8, 4) is 5.69 Å². The Hall–Kier alpha value is -3.94. The van der Waals surface area contributed by atoms with Crippen LogP contribution in [0.1, 0.15) is 29.3 Å². The maximum Gasteiger partial charge on any atom is 0.260 e. The molecule has 1 saturated heterocycles. The fourth-order valence-electron chi connectivity index (χ4n) is 4.49. The highest BCUT2D eigenvalue weighted by Gasteiger charge is 2.28. The number of H-pyrrole nitrogens is 1. The molecule has 2 aromatic heterocycles. The van der Waals surface area contributed by atoms with Crippen LogP contribution in [0, 0.1) is 6.92 Å². The molecule has 8 heteroatoms. The number of rotatable bonds is 3.